The zero-order valence-corrected chi connectivity index (χ0v) is 12.9. The van der Waals surface area contributed by atoms with E-state index in [0.29, 0.717) is 5.69 Å². The summed E-state index contributed by atoms with van der Waals surface area (Å²) in [6, 6.07) is 9.02. The molecule has 2 rings (SSSR count). The molecule has 0 bridgehead atoms. The van der Waals surface area contributed by atoms with Gasteiger partial charge in [0.25, 0.3) is 0 Å². The van der Waals surface area contributed by atoms with Gasteiger partial charge in [-0.3, -0.25) is 9.59 Å². The second-order valence-corrected chi connectivity index (χ2v) is 5.30. The number of carbonyl (C=O) groups is 2. The molecule has 0 aliphatic rings. The van der Waals surface area contributed by atoms with Crippen LogP contribution >= 0.6 is 0 Å². The number of anilines is 1. The normalized spacial score (nSPS) is 11.0. The number of nitrogens with one attached hydrogen (secondary N) is 1. The van der Waals surface area contributed by atoms with Crippen molar-refractivity contribution in [1.82, 2.24) is 9.78 Å². The molecule has 0 fully saturated rings. The van der Waals surface area contributed by atoms with Crippen molar-refractivity contribution in [2.45, 2.75) is 20.8 Å². The lowest BCUT2D eigenvalue weighted by Gasteiger charge is -2.21. The van der Waals surface area contributed by atoms with Gasteiger partial charge in [-0.15, -0.1) is 0 Å². The van der Waals surface area contributed by atoms with E-state index in [9.17, 15) is 9.59 Å². The minimum Gasteiger partial charge on any atom is -0.465 e. The standard InChI is InChI=1S/C16H19N3O3/c1-4-22-15(21)16(2,3)14(20)18-12-6-8-13(9-7-12)19-11-5-10-17-19/h5-11H,4H2,1-3H3,(H,18,20). The largest absolute Gasteiger partial charge is 0.465 e. The van der Waals surface area contributed by atoms with Crippen molar-refractivity contribution in [3.8, 4) is 5.69 Å². The summed E-state index contributed by atoms with van der Waals surface area (Å²) < 4.78 is 6.64. The number of carbonyl (C=O) groups excluding carboxylic acids is 2. The van der Waals surface area contributed by atoms with E-state index >= 15 is 0 Å². The van der Waals surface area contributed by atoms with Crippen molar-refractivity contribution >= 4 is 17.6 Å². The van der Waals surface area contributed by atoms with Crippen LogP contribution in [0.5, 0.6) is 0 Å². The van der Waals surface area contributed by atoms with E-state index in [1.54, 1.807) is 43.8 Å². The van der Waals surface area contributed by atoms with Gasteiger partial charge < -0.3 is 10.1 Å². The molecule has 1 heterocycles. The third-order valence-corrected chi connectivity index (χ3v) is 3.25. The van der Waals surface area contributed by atoms with Gasteiger partial charge in [0, 0.05) is 18.1 Å². The summed E-state index contributed by atoms with van der Waals surface area (Å²) in [7, 11) is 0. The van der Waals surface area contributed by atoms with Crippen molar-refractivity contribution in [3.05, 3.63) is 42.7 Å². The maximum atomic E-state index is 12.2. The molecule has 0 spiro atoms. The summed E-state index contributed by atoms with van der Waals surface area (Å²) in [5.74, 6) is -0.946. The van der Waals surface area contributed by atoms with E-state index < -0.39 is 17.3 Å². The summed E-state index contributed by atoms with van der Waals surface area (Å²) in [4.78, 5) is 24.0. The van der Waals surface area contributed by atoms with Crippen molar-refractivity contribution in [2.24, 2.45) is 5.41 Å². The van der Waals surface area contributed by atoms with Crippen LogP contribution in [0.2, 0.25) is 0 Å². The Balaban J connectivity index is 2.07. The Morgan fingerprint density at radius 1 is 1.27 bits per heavy atom. The highest BCUT2D eigenvalue weighted by Crippen LogP contribution is 2.21. The Kier molecular flexibility index (Phi) is 4.60. The number of ether oxygens (including phenoxy) is 1. The average molecular weight is 301 g/mol. The number of amides is 1. The zero-order chi connectivity index (χ0) is 16.2. The monoisotopic (exact) mass is 301 g/mol. The fourth-order valence-corrected chi connectivity index (χ4v) is 1.81. The first-order valence-corrected chi connectivity index (χ1v) is 7.04. The average Bonchev–Trinajstić information content (AvgIpc) is 3.02. The first kappa shape index (κ1) is 15.8. The molecule has 1 aromatic heterocycles. The number of nitrogens with zero attached hydrogens (tertiary/aromatic N) is 2. The highest BCUT2D eigenvalue weighted by Gasteiger charge is 2.37. The summed E-state index contributed by atoms with van der Waals surface area (Å²) in [6.45, 7) is 5.03. The lowest BCUT2D eigenvalue weighted by atomic mass is 9.92. The fraction of sp³-hybridized carbons (Fsp3) is 0.312. The molecule has 6 nitrogen and oxygen atoms in total. The van der Waals surface area contributed by atoms with Gasteiger partial charge in [0.05, 0.1) is 12.3 Å². The van der Waals surface area contributed by atoms with E-state index in [2.05, 4.69) is 10.4 Å². The van der Waals surface area contributed by atoms with Crippen LogP contribution < -0.4 is 5.32 Å². The molecule has 1 aromatic carbocycles. The minimum atomic E-state index is -1.24. The highest BCUT2D eigenvalue weighted by atomic mass is 16.5. The first-order chi connectivity index (χ1) is 10.4. The topological polar surface area (TPSA) is 73.2 Å². The Hall–Kier alpha value is -2.63. The van der Waals surface area contributed by atoms with Crippen LogP contribution in [0.1, 0.15) is 20.8 Å². The summed E-state index contributed by atoms with van der Waals surface area (Å²) in [5.41, 5.74) is 0.252. The summed E-state index contributed by atoms with van der Waals surface area (Å²) >= 11 is 0. The van der Waals surface area contributed by atoms with Gasteiger partial charge in [0.2, 0.25) is 5.91 Å². The molecule has 0 aliphatic carbocycles. The Labute approximate surface area is 129 Å². The smallest absolute Gasteiger partial charge is 0.321 e. The Morgan fingerprint density at radius 3 is 2.50 bits per heavy atom. The molecule has 0 saturated carbocycles. The van der Waals surface area contributed by atoms with E-state index in [4.69, 9.17) is 4.74 Å². The van der Waals surface area contributed by atoms with Crippen LogP contribution in [-0.4, -0.2) is 28.3 Å². The van der Waals surface area contributed by atoms with E-state index in [1.165, 1.54) is 0 Å². The Bertz CT molecular complexity index is 646. The molecule has 2 aromatic rings. The maximum Gasteiger partial charge on any atom is 0.321 e. The fourth-order valence-electron chi connectivity index (χ4n) is 1.81. The molecule has 22 heavy (non-hydrogen) atoms. The molecule has 6 heteroatoms. The number of aromatic nitrogens is 2. The molecule has 0 atom stereocenters. The van der Waals surface area contributed by atoms with Gasteiger partial charge >= 0.3 is 5.97 Å². The van der Waals surface area contributed by atoms with Crippen LogP contribution in [0.25, 0.3) is 5.69 Å². The minimum absolute atomic E-state index is 0.244. The van der Waals surface area contributed by atoms with Crippen molar-refractivity contribution in [2.75, 3.05) is 11.9 Å². The molecule has 1 amide bonds. The van der Waals surface area contributed by atoms with Gasteiger partial charge in [0.15, 0.2) is 0 Å². The number of rotatable bonds is 5. The molecule has 0 unspecified atom stereocenters. The molecule has 0 radical (unpaired) electrons. The third kappa shape index (κ3) is 3.33. The number of hydrogen-bond donors (Lipinski definition) is 1. The lowest BCUT2D eigenvalue weighted by Crippen LogP contribution is -2.39. The molecule has 0 saturated heterocycles. The van der Waals surface area contributed by atoms with Gasteiger partial charge in [-0.05, 0) is 51.1 Å². The van der Waals surface area contributed by atoms with Crippen LogP contribution in [-0.2, 0) is 14.3 Å². The molecule has 116 valence electrons. The van der Waals surface area contributed by atoms with Crippen LogP contribution in [0.4, 0.5) is 5.69 Å². The van der Waals surface area contributed by atoms with Gasteiger partial charge in [-0.1, -0.05) is 0 Å². The SMILES string of the molecule is CCOC(=O)C(C)(C)C(=O)Nc1ccc(-n2cccn2)cc1. The van der Waals surface area contributed by atoms with Gasteiger partial charge in [-0.25, -0.2) is 4.68 Å². The highest BCUT2D eigenvalue weighted by molar-refractivity contribution is 6.08. The third-order valence-electron chi connectivity index (χ3n) is 3.25. The maximum absolute atomic E-state index is 12.2. The van der Waals surface area contributed by atoms with Gasteiger partial charge in [0.1, 0.15) is 5.41 Å². The van der Waals surface area contributed by atoms with Crippen molar-refractivity contribution in [3.63, 3.8) is 0 Å². The number of benzene rings is 1. The van der Waals surface area contributed by atoms with E-state index in [-0.39, 0.29) is 6.61 Å². The predicted octanol–water partition coefficient (Wildman–Crippen LogP) is 2.40. The summed E-state index contributed by atoms with van der Waals surface area (Å²) in [5, 5.41) is 6.85. The van der Waals surface area contributed by atoms with Crippen LogP contribution in [0, 0.1) is 5.41 Å². The lowest BCUT2D eigenvalue weighted by molar-refractivity contribution is -0.156. The first-order valence-electron chi connectivity index (χ1n) is 7.04. The second kappa shape index (κ2) is 6.43. The van der Waals surface area contributed by atoms with Crippen molar-refractivity contribution in [1.29, 1.82) is 0 Å². The molecule has 1 N–H and O–H groups in total. The number of esters is 1. The van der Waals surface area contributed by atoms with Crippen LogP contribution in [0.3, 0.4) is 0 Å². The molecular weight excluding hydrogens is 282 g/mol. The van der Waals surface area contributed by atoms with Crippen molar-refractivity contribution < 1.29 is 14.3 Å². The quantitative estimate of drug-likeness (QED) is 0.680. The molecular formula is C16H19N3O3. The van der Waals surface area contributed by atoms with Crippen LogP contribution in [0.15, 0.2) is 42.7 Å². The second-order valence-electron chi connectivity index (χ2n) is 5.30. The van der Waals surface area contributed by atoms with Gasteiger partial charge in [-0.2, -0.15) is 5.10 Å². The summed E-state index contributed by atoms with van der Waals surface area (Å²) in [6.07, 6.45) is 3.52. The predicted molar refractivity (Wildman–Crippen MR) is 82.6 cm³/mol. The van der Waals surface area contributed by atoms with E-state index in [1.807, 2.05) is 24.4 Å². The zero-order valence-electron chi connectivity index (χ0n) is 12.9. The van der Waals surface area contributed by atoms with E-state index in [0.717, 1.165) is 5.69 Å². The Morgan fingerprint density at radius 2 is 1.95 bits per heavy atom. The molecule has 0 aliphatic heterocycles. The number of hydrogen-bond acceptors (Lipinski definition) is 4.